The minimum Gasteiger partial charge on any atom is -0.306 e. The van der Waals surface area contributed by atoms with Gasteiger partial charge in [0, 0.05) is 58.1 Å². The number of nitriles is 1. The molecule has 0 spiro atoms. The first-order chi connectivity index (χ1) is 29.3. The van der Waals surface area contributed by atoms with Crippen molar-refractivity contribution >= 4 is 112 Å². The zero-order chi connectivity index (χ0) is 40.4. The van der Waals surface area contributed by atoms with Crippen molar-refractivity contribution in [3.05, 3.63) is 174 Å². The molecule has 4 heterocycles. The van der Waals surface area contributed by atoms with Crippen LogP contribution in [0.2, 0.25) is 0 Å². The number of thiophene rings is 2. The Bertz CT molecular complexity index is 3920. The molecule has 0 unspecified atom stereocenters. The smallest absolute Gasteiger partial charge is 0.306 e. The van der Waals surface area contributed by atoms with Gasteiger partial charge in [-0.25, -0.2) is 4.85 Å². The summed E-state index contributed by atoms with van der Waals surface area (Å²) in [7, 11) is 0. The van der Waals surface area contributed by atoms with Crippen molar-refractivity contribution < 1.29 is 13.2 Å². The lowest BCUT2D eigenvalue weighted by molar-refractivity contribution is -0.137. The number of hydrogen-bond donors (Lipinski definition) is 0. The van der Waals surface area contributed by atoms with E-state index in [2.05, 4.69) is 86.8 Å². The fourth-order valence-electron chi connectivity index (χ4n) is 9.35. The number of aromatic nitrogens is 2. The van der Waals surface area contributed by atoms with Gasteiger partial charge in [-0.1, -0.05) is 115 Å². The SMILES string of the molecule is [C-]#[N+]c1cccc(C(F)(F)F)c1-c1cc(-n2c3ccccc3c3ccc4c5ccccc5sc4c32)c(-n2c3ccccc3c3ccc4c5ccccc5sc4c32)cc1C#N. The van der Waals surface area contributed by atoms with Crippen LogP contribution in [-0.2, 0) is 6.18 Å². The quantitative estimate of drug-likeness (QED) is 0.164. The highest BCUT2D eigenvalue weighted by Gasteiger charge is 2.36. The topological polar surface area (TPSA) is 38.0 Å². The van der Waals surface area contributed by atoms with E-state index in [0.717, 1.165) is 90.0 Å². The summed E-state index contributed by atoms with van der Waals surface area (Å²) >= 11 is 3.38. The monoisotopic (exact) mass is 814 g/mol. The molecule has 12 aromatic rings. The summed E-state index contributed by atoms with van der Waals surface area (Å²) < 4.78 is 53.9. The van der Waals surface area contributed by atoms with Crippen molar-refractivity contribution in [2.45, 2.75) is 6.18 Å². The molecule has 0 fully saturated rings. The maximum Gasteiger partial charge on any atom is 0.415 e. The fraction of sp³-hybridized carbons (Fsp3) is 0.0196. The zero-order valence-corrected chi connectivity index (χ0v) is 32.8. The molecule has 12 rings (SSSR count). The highest BCUT2D eigenvalue weighted by atomic mass is 32.1. The third kappa shape index (κ3) is 4.70. The Balaban J connectivity index is 1.34. The number of fused-ring (bicyclic) bond motifs is 14. The van der Waals surface area contributed by atoms with Gasteiger partial charge in [-0.15, -0.1) is 22.7 Å². The Morgan fingerprint density at radius 2 is 1.02 bits per heavy atom. The second-order valence-corrected chi connectivity index (χ2v) is 17.0. The number of nitrogens with zero attached hydrogens (tertiary/aromatic N) is 4. The summed E-state index contributed by atoms with van der Waals surface area (Å²) in [5, 5.41) is 19.4. The largest absolute Gasteiger partial charge is 0.415 e. The molecule has 0 amide bonds. The van der Waals surface area contributed by atoms with Gasteiger partial charge in [-0.3, -0.25) is 0 Å². The minimum absolute atomic E-state index is 0.0255. The van der Waals surface area contributed by atoms with Crippen LogP contribution in [0.5, 0.6) is 0 Å². The Kier molecular flexibility index (Phi) is 7.23. The molecule has 9 heteroatoms. The number of para-hydroxylation sites is 2. The first kappa shape index (κ1) is 34.6. The molecule has 0 aliphatic heterocycles. The maximum absolute atomic E-state index is 15.0. The molecule has 0 aliphatic rings. The van der Waals surface area contributed by atoms with E-state index in [9.17, 15) is 5.26 Å². The van der Waals surface area contributed by atoms with Crippen LogP contribution in [0.15, 0.2) is 152 Å². The summed E-state index contributed by atoms with van der Waals surface area (Å²) in [5.74, 6) is 0. The summed E-state index contributed by atoms with van der Waals surface area (Å²) in [6.45, 7) is 8.04. The highest BCUT2D eigenvalue weighted by molar-refractivity contribution is 7.27. The lowest BCUT2D eigenvalue weighted by Gasteiger charge is -2.21. The average Bonchev–Trinajstić information content (AvgIpc) is 4.03. The predicted octanol–water partition coefficient (Wildman–Crippen LogP) is 15.7. The maximum atomic E-state index is 15.0. The lowest BCUT2D eigenvalue weighted by atomic mass is 9.92. The zero-order valence-electron chi connectivity index (χ0n) is 31.2. The van der Waals surface area contributed by atoms with Crippen LogP contribution in [0.3, 0.4) is 0 Å². The number of hydrogen-bond acceptors (Lipinski definition) is 3. The lowest BCUT2D eigenvalue weighted by Crippen LogP contribution is -2.09. The number of benzene rings is 8. The van der Waals surface area contributed by atoms with Gasteiger partial charge in [-0.05, 0) is 42.0 Å². The van der Waals surface area contributed by atoms with Crippen molar-refractivity contribution in [1.82, 2.24) is 9.13 Å². The normalized spacial score (nSPS) is 12.2. The number of halogens is 3. The van der Waals surface area contributed by atoms with E-state index in [0.29, 0.717) is 11.4 Å². The van der Waals surface area contributed by atoms with Crippen molar-refractivity contribution in [3.63, 3.8) is 0 Å². The van der Waals surface area contributed by atoms with Crippen LogP contribution in [0.4, 0.5) is 18.9 Å². The second kappa shape index (κ2) is 12.5. The Morgan fingerprint density at radius 1 is 0.533 bits per heavy atom. The molecule has 0 radical (unpaired) electrons. The van der Waals surface area contributed by atoms with E-state index in [1.165, 1.54) is 12.1 Å². The Morgan fingerprint density at radius 3 is 1.53 bits per heavy atom. The summed E-state index contributed by atoms with van der Waals surface area (Å²) in [5.41, 5.74) is 3.41. The summed E-state index contributed by atoms with van der Waals surface area (Å²) in [4.78, 5) is 3.59. The van der Waals surface area contributed by atoms with Crippen molar-refractivity contribution in [2.24, 2.45) is 0 Å². The Labute approximate surface area is 347 Å². The minimum atomic E-state index is -4.79. The van der Waals surface area contributed by atoms with Crippen LogP contribution in [0, 0.1) is 17.9 Å². The van der Waals surface area contributed by atoms with Crippen LogP contribution >= 0.6 is 22.7 Å². The van der Waals surface area contributed by atoms with Crippen LogP contribution in [-0.4, -0.2) is 9.13 Å². The third-order valence-corrected chi connectivity index (χ3v) is 14.2. The van der Waals surface area contributed by atoms with Gasteiger partial charge in [0.15, 0.2) is 5.69 Å². The molecular weight excluding hydrogens is 790 g/mol. The molecular formula is C51H25F3N4S2. The van der Waals surface area contributed by atoms with Crippen molar-refractivity contribution in [3.8, 4) is 28.6 Å². The van der Waals surface area contributed by atoms with Gasteiger partial charge < -0.3 is 9.13 Å². The van der Waals surface area contributed by atoms with Gasteiger partial charge in [0.25, 0.3) is 0 Å². The fourth-order valence-corrected chi connectivity index (χ4v) is 11.8. The molecule has 0 bridgehead atoms. The molecule has 0 aliphatic carbocycles. The number of alkyl halides is 3. The molecule has 0 saturated heterocycles. The van der Waals surface area contributed by atoms with Crippen molar-refractivity contribution in [1.29, 1.82) is 5.26 Å². The van der Waals surface area contributed by atoms with Gasteiger partial charge in [-0.2, -0.15) is 18.4 Å². The molecule has 0 atom stereocenters. The Hall–Kier alpha value is -7.43. The van der Waals surface area contributed by atoms with E-state index in [-0.39, 0.29) is 22.4 Å². The van der Waals surface area contributed by atoms with Crippen LogP contribution in [0.1, 0.15) is 11.1 Å². The summed E-state index contributed by atoms with van der Waals surface area (Å²) in [6, 6.07) is 50.8. The molecule has 60 heavy (non-hydrogen) atoms. The summed E-state index contributed by atoms with van der Waals surface area (Å²) in [6.07, 6.45) is -4.79. The van der Waals surface area contributed by atoms with Crippen molar-refractivity contribution in [2.75, 3.05) is 0 Å². The second-order valence-electron chi connectivity index (χ2n) is 14.9. The molecule has 282 valence electrons. The van der Waals surface area contributed by atoms with E-state index in [1.807, 2.05) is 54.6 Å². The average molecular weight is 815 g/mol. The van der Waals surface area contributed by atoms with E-state index in [4.69, 9.17) is 6.57 Å². The molecule has 8 aromatic carbocycles. The van der Waals surface area contributed by atoms with Crippen LogP contribution < -0.4 is 0 Å². The van der Waals surface area contributed by atoms with Crippen LogP contribution in [0.25, 0.3) is 111 Å². The van der Waals surface area contributed by atoms with E-state index in [1.54, 1.807) is 34.8 Å². The number of rotatable bonds is 3. The standard InChI is InChI=1S/C51H25F3N4S2/c1-56-39-16-10-15-38(51(52,53)54)46(39)37-26-43(58-41-18-7-3-12-30(41)34-22-24-36-32-14-5-9-20-45(32)60-50(36)48(34)58)42(25-28(37)27-55)57-40-17-6-2-11-29(40)33-21-23-35-31-13-4-8-19-44(31)59-49(35)47(33)57/h2-26H. The molecule has 0 N–H and O–H groups in total. The first-order valence-corrected chi connectivity index (χ1v) is 20.8. The molecule has 4 nitrogen and oxygen atoms in total. The van der Waals surface area contributed by atoms with E-state index >= 15 is 13.2 Å². The third-order valence-electron chi connectivity index (χ3n) is 11.8. The highest BCUT2D eigenvalue weighted by Crippen LogP contribution is 2.50. The van der Waals surface area contributed by atoms with Gasteiger partial charge in [0.05, 0.1) is 66.6 Å². The first-order valence-electron chi connectivity index (χ1n) is 19.2. The molecule has 4 aromatic heterocycles. The van der Waals surface area contributed by atoms with E-state index < -0.39 is 11.7 Å². The van der Waals surface area contributed by atoms with Gasteiger partial charge >= 0.3 is 6.18 Å². The van der Waals surface area contributed by atoms with Gasteiger partial charge in [0.2, 0.25) is 0 Å². The van der Waals surface area contributed by atoms with Gasteiger partial charge in [0.1, 0.15) is 0 Å². The predicted molar refractivity (Wildman–Crippen MR) is 242 cm³/mol. The molecule has 0 saturated carbocycles.